The predicted octanol–water partition coefficient (Wildman–Crippen LogP) is 2.20. The van der Waals surface area contributed by atoms with Crippen molar-refractivity contribution in [1.29, 1.82) is 0 Å². The molecule has 0 radical (unpaired) electrons. The maximum atomic E-state index is 5.86. The first kappa shape index (κ1) is 11.0. The molecule has 0 saturated heterocycles. The van der Waals surface area contributed by atoms with Crippen LogP contribution in [0.2, 0.25) is 5.02 Å². The van der Waals surface area contributed by atoms with Crippen molar-refractivity contribution in [1.82, 2.24) is 4.90 Å². The summed E-state index contributed by atoms with van der Waals surface area (Å²) in [6.45, 7) is 5.13. The molecule has 0 aliphatic carbocycles. The molecule has 84 valence electrons. The third-order valence-electron chi connectivity index (χ3n) is 2.68. The summed E-state index contributed by atoms with van der Waals surface area (Å²) in [4.78, 5) is 6.29. The molecule has 0 aromatic heterocycles. The van der Waals surface area contributed by atoms with Gasteiger partial charge in [-0.15, -0.1) is 6.58 Å². The summed E-state index contributed by atoms with van der Waals surface area (Å²) in [5.41, 5.74) is 7.00. The van der Waals surface area contributed by atoms with Crippen molar-refractivity contribution in [3.8, 4) is 0 Å². The summed E-state index contributed by atoms with van der Waals surface area (Å²) in [6.07, 6.45) is 1.83. The number of hydrogen-bond donors (Lipinski definition) is 1. The molecule has 1 unspecified atom stereocenters. The van der Waals surface area contributed by atoms with Gasteiger partial charge in [0.2, 0.25) is 0 Å². The lowest BCUT2D eigenvalue weighted by Crippen LogP contribution is -2.36. The van der Waals surface area contributed by atoms with Gasteiger partial charge in [0.25, 0.3) is 0 Å². The maximum absolute atomic E-state index is 5.86. The van der Waals surface area contributed by atoms with Crippen molar-refractivity contribution >= 4 is 17.6 Å². The van der Waals surface area contributed by atoms with Crippen LogP contribution in [-0.4, -0.2) is 23.9 Å². The Bertz CT molecular complexity index is 411. The lowest BCUT2D eigenvalue weighted by molar-refractivity contribution is 0.380. The van der Waals surface area contributed by atoms with Crippen LogP contribution in [-0.2, 0) is 0 Å². The van der Waals surface area contributed by atoms with Gasteiger partial charge in [-0.1, -0.05) is 29.8 Å². The summed E-state index contributed by atoms with van der Waals surface area (Å²) in [7, 11) is 0. The normalized spacial score (nSPS) is 19.7. The number of nitrogens with zero attached hydrogens (tertiary/aromatic N) is 2. The summed E-state index contributed by atoms with van der Waals surface area (Å²) in [5.74, 6) is 0.583. The van der Waals surface area contributed by atoms with Crippen LogP contribution in [0.1, 0.15) is 11.6 Å². The molecule has 0 amide bonds. The Hall–Kier alpha value is -1.48. The highest BCUT2D eigenvalue weighted by atomic mass is 35.5. The summed E-state index contributed by atoms with van der Waals surface area (Å²) < 4.78 is 0. The van der Waals surface area contributed by atoms with Gasteiger partial charge in [-0.3, -0.25) is 4.99 Å². The molecule has 1 aliphatic rings. The number of nitrogens with two attached hydrogens (primary N) is 1. The number of halogens is 1. The van der Waals surface area contributed by atoms with E-state index >= 15 is 0 Å². The quantitative estimate of drug-likeness (QED) is 0.817. The highest BCUT2D eigenvalue weighted by Crippen LogP contribution is 2.26. The van der Waals surface area contributed by atoms with Crippen LogP contribution >= 0.6 is 11.6 Å². The van der Waals surface area contributed by atoms with Crippen molar-refractivity contribution in [3.05, 3.63) is 47.5 Å². The first-order valence-electron chi connectivity index (χ1n) is 5.15. The first-order valence-corrected chi connectivity index (χ1v) is 5.53. The largest absolute Gasteiger partial charge is 0.370 e. The Labute approximate surface area is 100 Å². The molecule has 4 heteroatoms. The molecule has 1 atom stereocenters. The smallest absolute Gasteiger partial charge is 0.192 e. The summed E-state index contributed by atoms with van der Waals surface area (Å²) in [6, 6.07) is 8.00. The first-order chi connectivity index (χ1) is 7.72. The van der Waals surface area contributed by atoms with Crippen molar-refractivity contribution < 1.29 is 0 Å². The number of hydrogen-bond acceptors (Lipinski definition) is 3. The molecule has 2 N–H and O–H groups in total. The van der Waals surface area contributed by atoms with Gasteiger partial charge in [-0.05, 0) is 17.7 Å². The van der Waals surface area contributed by atoms with Gasteiger partial charge in [0, 0.05) is 11.6 Å². The standard InChI is InChI=1S/C12H14ClN3/c1-2-7-16-11(8-15-12(16)14)9-3-5-10(13)6-4-9/h2-6,11H,1,7-8H2,(H2,14,15). The van der Waals surface area contributed by atoms with Gasteiger partial charge in [0.15, 0.2) is 5.96 Å². The summed E-state index contributed by atoms with van der Waals surface area (Å²) in [5, 5.41) is 0.742. The molecule has 16 heavy (non-hydrogen) atoms. The van der Waals surface area contributed by atoms with E-state index in [2.05, 4.69) is 11.6 Å². The minimum absolute atomic E-state index is 0.204. The highest BCUT2D eigenvalue weighted by molar-refractivity contribution is 6.30. The molecule has 1 aromatic carbocycles. The molecular weight excluding hydrogens is 222 g/mol. The molecule has 0 bridgehead atoms. The van der Waals surface area contributed by atoms with Gasteiger partial charge in [-0.2, -0.15) is 0 Å². The number of aliphatic imine (C=N–C) groups is 1. The van der Waals surface area contributed by atoms with Gasteiger partial charge < -0.3 is 10.6 Å². The Morgan fingerprint density at radius 2 is 2.19 bits per heavy atom. The van der Waals surface area contributed by atoms with Crippen LogP contribution in [0.25, 0.3) is 0 Å². The Morgan fingerprint density at radius 1 is 1.50 bits per heavy atom. The fourth-order valence-electron chi connectivity index (χ4n) is 1.86. The third-order valence-corrected chi connectivity index (χ3v) is 2.93. The van der Waals surface area contributed by atoms with Crippen LogP contribution in [0.15, 0.2) is 41.9 Å². The van der Waals surface area contributed by atoms with Crippen LogP contribution < -0.4 is 5.73 Å². The molecule has 0 fully saturated rings. The molecule has 1 aliphatic heterocycles. The molecule has 2 rings (SSSR count). The Kier molecular flexibility index (Phi) is 3.15. The van der Waals surface area contributed by atoms with E-state index in [1.165, 1.54) is 5.56 Å². The van der Waals surface area contributed by atoms with Crippen molar-refractivity contribution in [2.45, 2.75) is 6.04 Å². The second-order valence-corrected chi connectivity index (χ2v) is 4.14. The van der Waals surface area contributed by atoms with Crippen molar-refractivity contribution in [2.24, 2.45) is 10.7 Å². The highest BCUT2D eigenvalue weighted by Gasteiger charge is 2.25. The second kappa shape index (κ2) is 4.58. The number of rotatable bonds is 3. The maximum Gasteiger partial charge on any atom is 0.192 e. The molecule has 3 nitrogen and oxygen atoms in total. The van der Waals surface area contributed by atoms with Gasteiger partial charge in [-0.25, -0.2) is 0 Å². The predicted molar refractivity (Wildman–Crippen MR) is 67.6 cm³/mol. The van der Waals surface area contributed by atoms with Gasteiger partial charge >= 0.3 is 0 Å². The van der Waals surface area contributed by atoms with E-state index in [0.29, 0.717) is 19.0 Å². The lowest BCUT2D eigenvalue weighted by atomic mass is 10.1. The fraction of sp³-hybridized carbons (Fsp3) is 0.250. The van der Waals surface area contributed by atoms with E-state index in [1.807, 2.05) is 35.2 Å². The molecule has 1 aromatic rings. The van der Waals surface area contributed by atoms with Gasteiger partial charge in [0.05, 0.1) is 12.6 Å². The van der Waals surface area contributed by atoms with E-state index in [4.69, 9.17) is 17.3 Å². The fourth-order valence-corrected chi connectivity index (χ4v) is 1.99. The SMILES string of the molecule is C=CCN1C(N)=NCC1c1ccc(Cl)cc1. The average molecular weight is 236 g/mol. The van der Waals surface area contributed by atoms with Crippen LogP contribution in [0, 0.1) is 0 Å². The van der Waals surface area contributed by atoms with Gasteiger partial charge in [0.1, 0.15) is 0 Å². The van der Waals surface area contributed by atoms with Crippen LogP contribution in [0.4, 0.5) is 0 Å². The number of guanidine groups is 1. The summed E-state index contributed by atoms with van der Waals surface area (Å²) >= 11 is 5.86. The Balaban J connectivity index is 2.21. The van der Waals surface area contributed by atoms with E-state index < -0.39 is 0 Å². The van der Waals surface area contributed by atoms with E-state index in [-0.39, 0.29) is 6.04 Å². The monoisotopic (exact) mass is 235 g/mol. The zero-order valence-corrected chi connectivity index (χ0v) is 9.69. The van der Waals surface area contributed by atoms with E-state index in [9.17, 15) is 0 Å². The van der Waals surface area contributed by atoms with E-state index in [0.717, 1.165) is 5.02 Å². The average Bonchev–Trinajstić information content (AvgIpc) is 2.63. The van der Waals surface area contributed by atoms with E-state index in [1.54, 1.807) is 0 Å². The van der Waals surface area contributed by atoms with Crippen molar-refractivity contribution in [3.63, 3.8) is 0 Å². The number of benzene rings is 1. The zero-order valence-electron chi connectivity index (χ0n) is 8.94. The minimum atomic E-state index is 0.204. The third kappa shape index (κ3) is 2.04. The molecule has 1 heterocycles. The minimum Gasteiger partial charge on any atom is -0.370 e. The zero-order chi connectivity index (χ0) is 11.5. The molecule has 0 saturated carbocycles. The lowest BCUT2D eigenvalue weighted by Gasteiger charge is -2.25. The topological polar surface area (TPSA) is 41.6 Å². The molecular formula is C12H14ClN3. The van der Waals surface area contributed by atoms with Crippen molar-refractivity contribution in [2.75, 3.05) is 13.1 Å². The second-order valence-electron chi connectivity index (χ2n) is 3.71. The molecule has 0 spiro atoms. The Morgan fingerprint density at radius 3 is 2.81 bits per heavy atom. The van der Waals surface area contributed by atoms with Crippen LogP contribution in [0.5, 0.6) is 0 Å². The van der Waals surface area contributed by atoms with Crippen LogP contribution in [0.3, 0.4) is 0 Å².